The molecule has 1 amide bonds. The van der Waals surface area contributed by atoms with Crippen molar-refractivity contribution in [2.45, 2.75) is 51.0 Å². The van der Waals surface area contributed by atoms with Crippen molar-refractivity contribution in [2.24, 2.45) is 0 Å². The molecule has 25 heavy (non-hydrogen) atoms. The van der Waals surface area contributed by atoms with Crippen LogP contribution in [0.3, 0.4) is 0 Å². The molecule has 2 aliphatic heterocycles. The number of H-pyrrole nitrogens is 1. The molecule has 0 aromatic carbocycles. The highest BCUT2D eigenvalue weighted by Crippen LogP contribution is 2.29. The van der Waals surface area contributed by atoms with E-state index in [1.165, 1.54) is 0 Å². The average Bonchev–Trinajstić information content (AvgIpc) is 2.99. The largest absolute Gasteiger partial charge is 0.450 e. The summed E-state index contributed by atoms with van der Waals surface area (Å²) >= 11 is 0. The van der Waals surface area contributed by atoms with Crippen molar-refractivity contribution in [2.75, 3.05) is 32.8 Å². The summed E-state index contributed by atoms with van der Waals surface area (Å²) in [5.74, 6) is 1.37. The molecular formula is C18H27N5O2. The first-order valence-corrected chi connectivity index (χ1v) is 9.32. The highest BCUT2D eigenvalue weighted by molar-refractivity contribution is 5.67. The van der Waals surface area contributed by atoms with Crippen molar-refractivity contribution in [3.63, 3.8) is 0 Å². The number of rotatable bonds is 3. The number of aromatic amines is 1. The first-order chi connectivity index (χ1) is 12.2. The Labute approximate surface area is 149 Å². The Morgan fingerprint density at radius 3 is 2.80 bits per heavy atom. The maximum absolute atomic E-state index is 11.9. The van der Waals surface area contributed by atoms with Gasteiger partial charge in [0.1, 0.15) is 17.6 Å². The molecule has 0 aliphatic carbocycles. The van der Waals surface area contributed by atoms with Gasteiger partial charge in [-0.3, -0.25) is 0 Å². The number of likely N-dealkylation sites (tertiary alicyclic amines) is 2. The lowest BCUT2D eigenvalue weighted by atomic mass is 9.94. The van der Waals surface area contributed by atoms with Crippen LogP contribution in [-0.2, 0) is 4.74 Å². The fourth-order valence-electron chi connectivity index (χ4n) is 3.98. The molecule has 1 N–H and O–H groups in total. The van der Waals surface area contributed by atoms with Gasteiger partial charge >= 0.3 is 6.09 Å². The van der Waals surface area contributed by atoms with Gasteiger partial charge in [0.15, 0.2) is 0 Å². The molecule has 3 rings (SSSR count). The van der Waals surface area contributed by atoms with Crippen LogP contribution in [-0.4, -0.2) is 64.7 Å². The Morgan fingerprint density at radius 1 is 1.32 bits per heavy atom. The van der Waals surface area contributed by atoms with Crippen molar-refractivity contribution >= 4 is 6.09 Å². The van der Waals surface area contributed by atoms with Gasteiger partial charge in [0.2, 0.25) is 0 Å². The van der Waals surface area contributed by atoms with E-state index in [1.807, 2.05) is 11.8 Å². The third-order valence-corrected chi connectivity index (χ3v) is 5.37. The summed E-state index contributed by atoms with van der Waals surface area (Å²) in [6, 6.07) is 2.65. The Kier molecular flexibility index (Phi) is 5.92. The second-order valence-corrected chi connectivity index (χ2v) is 6.87. The number of ether oxygens (including phenoxy) is 1. The van der Waals surface area contributed by atoms with Gasteiger partial charge in [-0.25, -0.2) is 9.78 Å². The monoisotopic (exact) mass is 345 g/mol. The number of nitriles is 1. The fraction of sp³-hybridized carbons (Fsp3) is 0.722. The van der Waals surface area contributed by atoms with Gasteiger partial charge in [-0.05, 0) is 52.1 Å². The van der Waals surface area contributed by atoms with Crippen molar-refractivity contribution in [3.8, 4) is 6.07 Å². The van der Waals surface area contributed by atoms with E-state index in [1.54, 1.807) is 6.20 Å². The van der Waals surface area contributed by atoms with Crippen LogP contribution in [0.15, 0.2) is 6.20 Å². The molecule has 0 spiro atoms. The number of carbonyl (C=O) groups is 1. The Morgan fingerprint density at radius 2 is 2.12 bits per heavy atom. The third-order valence-electron chi connectivity index (χ3n) is 5.37. The van der Waals surface area contributed by atoms with E-state index < -0.39 is 0 Å². The maximum atomic E-state index is 11.9. The highest BCUT2D eigenvalue weighted by Gasteiger charge is 2.29. The number of piperidine rings is 1. The number of aromatic nitrogens is 2. The van der Waals surface area contributed by atoms with Crippen molar-refractivity contribution in [3.05, 3.63) is 17.7 Å². The molecule has 0 bridgehead atoms. The molecule has 2 saturated heterocycles. The molecule has 0 radical (unpaired) electrons. The second kappa shape index (κ2) is 8.34. The van der Waals surface area contributed by atoms with Crippen LogP contribution in [0.2, 0.25) is 0 Å². The lowest BCUT2D eigenvalue weighted by Gasteiger charge is -2.36. The smallest absolute Gasteiger partial charge is 0.409 e. The minimum atomic E-state index is -0.173. The number of hydrogen-bond donors (Lipinski definition) is 1. The summed E-state index contributed by atoms with van der Waals surface area (Å²) in [5, 5.41) is 8.92. The summed E-state index contributed by atoms with van der Waals surface area (Å²) < 4.78 is 5.13. The lowest BCUT2D eigenvalue weighted by molar-refractivity contribution is 0.105. The first-order valence-electron chi connectivity index (χ1n) is 9.32. The van der Waals surface area contributed by atoms with E-state index in [4.69, 9.17) is 10.00 Å². The quantitative estimate of drug-likeness (QED) is 0.909. The van der Waals surface area contributed by atoms with Gasteiger partial charge in [-0.2, -0.15) is 5.26 Å². The predicted octanol–water partition coefficient (Wildman–Crippen LogP) is 2.47. The van der Waals surface area contributed by atoms with Crippen molar-refractivity contribution in [1.82, 2.24) is 19.8 Å². The van der Waals surface area contributed by atoms with Crippen molar-refractivity contribution < 1.29 is 9.53 Å². The van der Waals surface area contributed by atoms with Crippen LogP contribution in [0.1, 0.15) is 56.5 Å². The van der Waals surface area contributed by atoms with E-state index in [-0.39, 0.29) is 6.09 Å². The zero-order valence-electron chi connectivity index (χ0n) is 14.9. The molecule has 3 heterocycles. The first kappa shape index (κ1) is 17.7. The zero-order valence-corrected chi connectivity index (χ0v) is 14.9. The van der Waals surface area contributed by atoms with Gasteiger partial charge in [0.05, 0.1) is 12.8 Å². The Hall–Kier alpha value is -2.07. The van der Waals surface area contributed by atoms with Gasteiger partial charge in [0, 0.05) is 25.0 Å². The number of nitrogens with zero attached hydrogens (tertiary/aromatic N) is 4. The van der Waals surface area contributed by atoms with Gasteiger partial charge < -0.3 is 19.5 Å². The molecule has 7 nitrogen and oxygen atoms in total. The Balaban J connectivity index is 1.49. The third kappa shape index (κ3) is 4.31. The summed E-state index contributed by atoms with van der Waals surface area (Å²) in [7, 11) is 0. The van der Waals surface area contributed by atoms with E-state index in [9.17, 15) is 4.79 Å². The van der Waals surface area contributed by atoms with Gasteiger partial charge in [0.25, 0.3) is 0 Å². The van der Waals surface area contributed by atoms with Crippen LogP contribution in [0.5, 0.6) is 0 Å². The standard InChI is InChI=1S/C18H27N5O2/c1-2-25-18(24)23-8-3-4-16(7-11-23)22-9-5-14(6-10-22)17-20-13-15(12-19)21-17/h13-14,16H,2-11H2,1H3,(H,20,21). The van der Waals surface area contributed by atoms with Crippen LogP contribution >= 0.6 is 0 Å². The molecule has 7 heteroatoms. The fourth-order valence-corrected chi connectivity index (χ4v) is 3.98. The highest BCUT2D eigenvalue weighted by atomic mass is 16.6. The van der Waals surface area contributed by atoms with E-state index in [0.717, 1.165) is 64.1 Å². The molecule has 136 valence electrons. The van der Waals surface area contributed by atoms with Crippen LogP contribution < -0.4 is 0 Å². The number of carbonyl (C=O) groups excluding carboxylic acids is 1. The van der Waals surface area contributed by atoms with Crippen LogP contribution in [0, 0.1) is 11.3 Å². The van der Waals surface area contributed by atoms with E-state index in [0.29, 0.717) is 24.3 Å². The SMILES string of the molecule is CCOC(=O)N1CCCC(N2CCC(c3ncc(C#N)[nH]3)CC2)CC1. The minimum Gasteiger partial charge on any atom is -0.450 e. The number of amides is 1. The van der Waals surface area contributed by atoms with E-state index in [2.05, 4.69) is 20.9 Å². The summed E-state index contributed by atoms with van der Waals surface area (Å²) in [4.78, 5) is 23.8. The molecule has 1 aromatic heterocycles. The number of imidazole rings is 1. The summed E-state index contributed by atoms with van der Waals surface area (Å²) in [5.41, 5.74) is 0.542. The molecule has 0 saturated carbocycles. The van der Waals surface area contributed by atoms with Gasteiger partial charge in [-0.1, -0.05) is 0 Å². The maximum Gasteiger partial charge on any atom is 0.409 e. The minimum absolute atomic E-state index is 0.173. The predicted molar refractivity (Wildman–Crippen MR) is 93.1 cm³/mol. The van der Waals surface area contributed by atoms with Gasteiger partial charge in [-0.15, -0.1) is 0 Å². The second-order valence-electron chi connectivity index (χ2n) is 6.87. The number of hydrogen-bond acceptors (Lipinski definition) is 5. The summed E-state index contributed by atoms with van der Waals surface area (Å²) in [6.07, 6.45) is 6.77. The Bertz CT molecular complexity index is 615. The van der Waals surface area contributed by atoms with Crippen LogP contribution in [0.4, 0.5) is 4.79 Å². The molecule has 2 aliphatic rings. The molecule has 1 atom stereocenters. The summed E-state index contributed by atoms with van der Waals surface area (Å²) in [6.45, 7) is 5.98. The normalized spacial score (nSPS) is 23.0. The van der Waals surface area contributed by atoms with Crippen molar-refractivity contribution in [1.29, 1.82) is 5.26 Å². The van der Waals surface area contributed by atoms with Crippen LogP contribution in [0.25, 0.3) is 0 Å². The molecule has 1 unspecified atom stereocenters. The van der Waals surface area contributed by atoms with E-state index >= 15 is 0 Å². The molecular weight excluding hydrogens is 318 g/mol. The topological polar surface area (TPSA) is 85.2 Å². The lowest BCUT2D eigenvalue weighted by Crippen LogP contribution is -2.42. The molecule has 2 fully saturated rings. The average molecular weight is 345 g/mol. The zero-order chi connectivity index (χ0) is 17.6. The molecule has 1 aromatic rings. The number of nitrogens with one attached hydrogen (secondary N) is 1.